The van der Waals surface area contributed by atoms with Crippen molar-refractivity contribution in [2.75, 3.05) is 31.1 Å². The number of hydrogen-bond donors (Lipinski definition) is 1. The highest BCUT2D eigenvalue weighted by molar-refractivity contribution is 5.72. The van der Waals surface area contributed by atoms with Crippen LogP contribution in [0.4, 0.5) is 10.2 Å². The van der Waals surface area contributed by atoms with Gasteiger partial charge >= 0.3 is 0 Å². The number of rotatable bonds is 4. The fourth-order valence-corrected chi connectivity index (χ4v) is 3.11. The summed E-state index contributed by atoms with van der Waals surface area (Å²) in [5.41, 5.74) is 2.87. The van der Waals surface area contributed by atoms with E-state index in [0.717, 1.165) is 49.8 Å². The molecular weight excluding hydrogens is 319 g/mol. The lowest BCUT2D eigenvalue weighted by atomic mass is 10.1. The van der Waals surface area contributed by atoms with Crippen molar-refractivity contribution in [3.8, 4) is 11.3 Å². The van der Waals surface area contributed by atoms with Crippen LogP contribution in [0.15, 0.2) is 49.1 Å². The van der Waals surface area contributed by atoms with Crippen molar-refractivity contribution in [2.45, 2.75) is 6.54 Å². The first-order valence-corrected chi connectivity index (χ1v) is 8.31. The molecular formula is C18H19FN6. The molecule has 0 spiro atoms. The summed E-state index contributed by atoms with van der Waals surface area (Å²) in [4.78, 5) is 13.7. The molecule has 1 fully saturated rings. The van der Waals surface area contributed by atoms with Crippen molar-refractivity contribution in [1.29, 1.82) is 0 Å². The Kier molecular flexibility index (Phi) is 4.39. The van der Waals surface area contributed by atoms with Crippen LogP contribution >= 0.6 is 0 Å². The van der Waals surface area contributed by atoms with Crippen molar-refractivity contribution < 1.29 is 4.39 Å². The monoisotopic (exact) mass is 338 g/mol. The van der Waals surface area contributed by atoms with E-state index in [4.69, 9.17) is 0 Å². The number of benzene rings is 1. The van der Waals surface area contributed by atoms with Crippen LogP contribution in [0.25, 0.3) is 11.3 Å². The zero-order valence-electron chi connectivity index (χ0n) is 13.8. The highest BCUT2D eigenvalue weighted by Crippen LogP contribution is 2.27. The molecule has 0 saturated carbocycles. The van der Waals surface area contributed by atoms with Gasteiger partial charge in [0.05, 0.1) is 6.20 Å². The molecule has 1 aliphatic heterocycles. The maximum Gasteiger partial charge on any atom is 0.155 e. The number of hydrogen-bond acceptors (Lipinski definition) is 5. The van der Waals surface area contributed by atoms with Gasteiger partial charge in [0.2, 0.25) is 0 Å². The summed E-state index contributed by atoms with van der Waals surface area (Å²) in [7, 11) is 0. The van der Waals surface area contributed by atoms with E-state index >= 15 is 0 Å². The first kappa shape index (κ1) is 15.7. The Balaban J connectivity index is 1.49. The van der Waals surface area contributed by atoms with Crippen LogP contribution in [-0.2, 0) is 6.54 Å². The summed E-state index contributed by atoms with van der Waals surface area (Å²) in [6.07, 6.45) is 7.18. The zero-order valence-corrected chi connectivity index (χ0v) is 13.8. The third kappa shape index (κ3) is 3.51. The van der Waals surface area contributed by atoms with Gasteiger partial charge in [0.25, 0.3) is 0 Å². The lowest BCUT2D eigenvalue weighted by Gasteiger charge is -2.35. The van der Waals surface area contributed by atoms with Crippen molar-refractivity contribution in [2.24, 2.45) is 0 Å². The van der Waals surface area contributed by atoms with E-state index in [0.29, 0.717) is 0 Å². The van der Waals surface area contributed by atoms with E-state index in [1.54, 1.807) is 24.5 Å². The molecule has 25 heavy (non-hydrogen) atoms. The Hall–Kier alpha value is -2.80. The van der Waals surface area contributed by atoms with E-state index in [1.807, 2.05) is 12.4 Å². The lowest BCUT2D eigenvalue weighted by Crippen LogP contribution is -2.46. The van der Waals surface area contributed by atoms with Gasteiger partial charge in [0.1, 0.15) is 11.5 Å². The minimum Gasteiger partial charge on any atom is -0.352 e. The minimum atomic E-state index is -0.248. The summed E-state index contributed by atoms with van der Waals surface area (Å²) in [5, 5.41) is 6.85. The van der Waals surface area contributed by atoms with Crippen LogP contribution in [0.2, 0.25) is 0 Å². The van der Waals surface area contributed by atoms with Crippen LogP contribution < -0.4 is 4.90 Å². The second kappa shape index (κ2) is 6.98. The molecule has 0 bridgehead atoms. The Morgan fingerprint density at radius 3 is 2.48 bits per heavy atom. The molecule has 0 unspecified atom stereocenters. The van der Waals surface area contributed by atoms with Gasteiger partial charge in [-0.3, -0.25) is 15.0 Å². The molecule has 0 amide bonds. The number of halogens is 1. The third-order valence-corrected chi connectivity index (χ3v) is 4.43. The largest absolute Gasteiger partial charge is 0.352 e. The molecule has 3 heterocycles. The standard InChI is InChI=1S/C18H19FN6/c19-16-3-1-15(2-4-16)17-18(21-6-5-20-17)25-9-7-24(8-10-25)13-14-11-22-23-12-14/h1-6,11-12H,7-10,13H2,(H,22,23). The molecule has 0 radical (unpaired) electrons. The fraction of sp³-hybridized carbons (Fsp3) is 0.278. The van der Waals surface area contributed by atoms with E-state index in [2.05, 4.69) is 30.0 Å². The summed E-state index contributed by atoms with van der Waals surface area (Å²) in [6, 6.07) is 6.41. The summed E-state index contributed by atoms with van der Waals surface area (Å²) < 4.78 is 13.2. The molecule has 4 rings (SSSR count). The molecule has 2 aromatic heterocycles. The summed E-state index contributed by atoms with van der Waals surface area (Å²) in [5.74, 6) is 0.610. The summed E-state index contributed by atoms with van der Waals surface area (Å²) >= 11 is 0. The van der Waals surface area contributed by atoms with Crippen LogP contribution in [-0.4, -0.2) is 51.2 Å². The molecule has 1 N–H and O–H groups in total. The predicted molar refractivity (Wildman–Crippen MR) is 93.5 cm³/mol. The highest BCUT2D eigenvalue weighted by atomic mass is 19.1. The van der Waals surface area contributed by atoms with E-state index in [9.17, 15) is 4.39 Å². The molecule has 7 heteroatoms. The smallest absolute Gasteiger partial charge is 0.155 e. The average molecular weight is 338 g/mol. The van der Waals surface area contributed by atoms with Crippen molar-refractivity contribution in [3.63, 3.8) is 0 Å². The number of H-pyrrole nitrogens is 1. The van der Waals surface area contributed by atoms with Gasteiger partial charge in [-0.15, -0.1) is 0 Å². The molecule has 1 aliphatic rings. The number of piperazine rings is 1. The van der Waals surface area contributed by atoms with E-state index < -0.39 is 0 Å². The van der Waals surface area contributed by atoms with Crippen molar-refractivity contribution in [3.05, 3.63) is 60.4 Å². The van der Waals surface area contributed by atoms with Crippen LogP contribution in [0, 0.1) is 5.82 Å². The zero-order chi connectivity index (χ0) is 17.1. The molecule has 3 aromatic rings. The third-order valence-electron chi connectivity index (χ3n) is 4.43. The van der Waals surface area contributed by atoms with Crippen LogP contribution in [0.1, 0.15) is 5.56 Å². The second-order valence-corrected chi connectivity index (χ2v) is 6.11. The quantitative estimate of drug-likeness (QED) is 0.791. The summed E-state index contributed by atoms with van der Waals surface area (Å²) in [6.45, 7) is 4.56. The minimum absolute atomic E-state index is 0.248. The van der Waals surface area contributed by atoms with Gasteiger partial charge in [0.15, 0.2) is 5.82 Å². The molecule has 6 nitrogen and oxygen atoms in total. The first-order chi connectivity index (χ1) is 12.3. The lowest BCUT2D eigenvalue weighted by molar-refractivity contribution is 0.249. The number of anilines is 1. The number of nitrogens with zero attached hydrogens (tertiary/aromatic N) is 5. The van der Waals surface area contributed by atoms with Gasteiger partial charge < -0.3 is 4.90 Å². The Labute approximate surface area is 145 Å². The second-order valence-electron chi connectivity index (χ2n) is 6.11. The Morgan fingerprint density at radius 2 is 1.76 bits per heavy atom. The number of aromatic nitrogens is 4. The molecule has 0 aliphatic carbocycles. The Bertz CT molecular complexity index is 810. The first-order valence-electron chi connectivity index (χ1n) is 8.31. The molecule has 1 aromatic carbocycles. The molecule has 128 valence electrons. The van der Waals surface area contributed by atoms with Crippen LogP contribution in [0.5, 0.6) is 0 Å². The van der Waals surface area contributed by atoms with Crippen molar-refractivity contribution >= 4 is 5.82 Å². The Morgan fingerprint density at radius 1 is 1.00 bits per heavy atom. The fourth-order valence-electron chi connectivity index (χ4n) is 3.11. The predicted octanol–water partition coefficient (Wildman–Crippen LogP) is 2.33. The molecule has 1 saturated heterocycles. The average Bonchev–Trinajstić information content (AvgIpc) is 3.16. The van der Waals surface area contributed by atoms with Gasteiger partial charge in [-0.25, -0.2) is 9.37 Å². The topological polar surface area (TPSA) is 60.9 Å². The maximum absolute atomic E-state index is 13.2. The van der Waals surface area contributed by atoms with Gasteiger partial charge in [0, 0.05) is 62.4 Å². The number of aromatic amines is 1. The van der Waals surface area contributed by atoms with Gasteiger partial charge in [-0.2, -0.15) is 5.10 Å². The van der Waals surface area contributed by atoms with E-state index in [1.165, 1.54) is 17.7 Å². The van der Waals surface area contributed by atoms with E-state index in [-0.39, 0.29) is 5.82 Å². The highest BCUT2D eigenvalue weighted by Gasteiger charge is 2.21. The normalized spacial score (nSPS) is 15.5. The van der Waals surface area contributed by atoms with Gasteiger partial charge in [-0.1, -0.05) is 0 Å². The molecule has 0 atom stereocenters. The van der Waals surface area contributed by atoms with Gasteiger partial charge in [-0.05, 0) is 24.3 Å². The SMILES string of the molecule is Fc1ccc(-c2nccnc2N2CCN(Cc3cn[nH]c3)CC2)cc1. The van der Waals surface area contributed by atoms with Crippen LogP contribution in [0.3, 0.4) is 0 Å². The number of nitrogens with one attached hydrogen (secondary N) is 1. The van der Waals surface area contributed by atoms with Crippen molar-refractivity contribution in [1.82, 2.24) is 25.1 Å². The maximum atomic E-state index is 13.2.